The lowest BCUT2D eigenvalue weighted by Gasteiger charge is -2.36. The van der Waals surface area contributed by atoms with Crippen LogP contribution in [0, 0.1) is 0 Å². The van der Waals surface area contributed by atoms with Crippen molar-refractivity contribution in [2.45, 2.75) is 38.5 Å². The number of hydrogen-bond acceptors (Lipinski definition) is 1. The monoisotopic (exact) mass is 358 g/mol. The number of benzene rings is 3. The van der Waals surface area contributed by atoms with Crippen LogP contribution in [0.1, 0.15) is 60.3 Å². The van der Waals surface area contributed by atoms with Gasteiger partial charge in [-0.05, 0) is 28.3 Å². The largest absolute Gasteiger partial charge is 0.478 e. The summed E-state index contributed by atoms with van der Waals surface area (Å²) in [6.07, 6.45) is 0. The summed E-state index contributed by atoms with van der Waals surface area (Å²) in [7, 11) is 0. The molecule has 2 heteroatoms. The van der Waals surface area contributed by atoms with E-state index in [2.05, 4.69) is 58.0 Å². The fraction of sp³-hybridized carbons (Fsp3) is 0.240. The molecular weight excluding hydrogens is 332 g/mol. The van der Waals surface area contributed by atoms with Gasteiger partial charge in [-0.2, -0.15) is 0 Å². The summed E-state index contributed by atoms with van der Waals surface area (Å²) in [4.78, 5) is 12.1. The molecule has 138 valence electrons. The van der Waals surface area contributed by atoms with Gasteiger partial charge in [0.1, 0.15) is 0 Å². The molecule has 0 spiro atoms. The summed E-state index contributed by atoms with van der Waals surface area (Å²) in [5, 5.41) is 9.94. The second kappa shape index (κ2) is 7.03. The van der Waals surface area contributed by atoms with Crippen molar-refractivity contribution in [3.63, 3.8) is 0 Å². The van der Waals surface area contributed by atoms with Crippen molar-refractivity contribution in [2.75, 3.05) is 0 Å². The van der Waals surface area contributed by atoms with Crippen LogP contribution in [0.3, 0.4) is 0 Å². The van der Waals surface area contributed by atoms with E-state index < -0.39 is 11.4 Å². The van der Waals surface area contributed by atoms with E-state index >= 15 is 0 Å². The minimum absolute atomic E-state index is 0.325. The number of aromatic carboxylic acids is 1. The van der Waals surface area contributed by atoms with Gasteiger partial charge in [-0.15, -0.1) is 0 Å². The molecule has 0 amide bonds. The fourth-order valence-corrected chi connectivity index (χ4v) is 3.93. The van der Waals surface area contributed by atoms with Crippen molar-refractivity contribution in [3.05, 3.63) is 107 Å². The smallest absolute Gasteiger partial charge is 0.336 e. The lowest BCUT2D eigenvalue weighted by molar-refractivity contribution is 0.0694. The molecule has 1 N–H and O–H groups in total. The number of carboxylic acid groups (broad SMARTS) is 1. The number of hydrogen-bond donors (Lipinski definition) is 1. The molecule has 0 saturated heterocycles. The van der Waals surface area contributed by atoms with Crippen molar-refractivity contribution < 1.29 is 9.90 Å². The van der Waals surface area contributed by atoms with Crippen molar-refractivity contribution in [1.82, 2.24) is 0 Å². The Hall–Kier alpha value is -2.87. The van der Waals surface area contributed by atoms with E-state index in [-0.39, 0.29) is 5.41 Å². The summed E-state index contributed by atoms with van der Waals surface area (Å²) in [6, 6.07) is 26.0. The molecule has 0 bridgehead atoms. The number of rotatable bonds is 5. The normalized spacial score (nSPS) is 12.0. The molecule has 0 aromatic heterocycles. The first-order chi connectivity index (χ1) is 12.8. The Labute approximate surface area is 161 Å². The SMILES string of the molecule is CC(C)(c1ccccc1)c1cccc(C(=O)O)c1C(C)(C)c1ccccc1. The van der Waals surface area contributed by atoms with Crippen LogP contribution < -0.4 is 0 Å². The fourth-order valence-electron chi connectivity index (χ4n) is 3.93. The average molecular weight is 358 g/mol. The topological polar surface area (TPSA) is 37.3 Å². The highest BCUT2D eigenvalue weighted by atomic mass is 16.4. The van der Waals surface area contributed by atoms with Crippen LogP contribution in [-0.4, -0.2) is 11.1 Å². The third-order valence-corrected chi connectivity index (χ3v) is 5.58. The zero-order chi connectivity index (χ0) is 19.7. The van der Waals surface area contributed by atoms with Crippen molar-refractivity contribution in [2.24, 2.45) is 0 Å². The highest BCUT2D eigenvalue weighted by molar-refractivity contribution is 5.91. The molecule has 3 rings (SSSR count). The first-order valence-corrected chi connectivity index (χ1v) is 9.24. The Morgan fingerprint density at radius 1 is 0.667 bits per heavy atom. The molecule has 0 radical (unpaired) electrons. The number of carboxylic acids is 1. The molecule has 2 nitrogen and oxygen atoms in total. The minimum Gasteiger partial charge on any atom is -0.478 e. The summed E-state index contributed by atoms with van der Waals surface area (Å²) in [5.74, 6) is -0.889. The summed E-state index contributed by atoms with van der Waals surface area (Å²) in [6.45, 7) is 8.53. The van der Waals surface area contributed by atoms with Gasteiger partial charge in [0.15, 0.2) is 0 Å². The highest BCUT2D eigenvalue weighted by Crippen LogP contribution is 2.42. The van der Waals surface area contributed by atoms with Crippen LogP contribution in [0.25, 0.3) is 0 Å². The first-order valence-electron chi connectivity index (χ1n) is 9.24. The molecule has 0 atom stereocenters. The van der Waals surface area contributed by atoms with Crippen LogP contribution in [-0.2, 0) is 10.8 Å². The van der Waals surface area contributed by atoms with Crippen molar-refractivity contribution in [3.8, 4) is 0 Å². The van der Waals surface area contributed by atoms with E-state index in [0.717, 1.165) is 22.3 Å². The summed E-state index contributed by atoms with van der Waals surface area (Å²) < 4.78 is 0. The molecular formula is C25H26O2. The van der Waals surface area contributed by atoms with E-state index in [9.17, 15) is 9.90 Å². The van der Waals surface area contributed by atoms with Crippen LogP contribution >= 0.6 is 0 Å². The zero-order valence-electron chi connectivity index (χ0n) is 16.4. The van der Waals surface area contributed by atoms with Gasteiger partial charge in [0.25, 0.3) is 0 Å². The van der Waals surface area contributed by atoms with Gasteiger partial charge in [0, 0.05) is 10.8 Å². The second-order valence-corrected chi connectivity index (χ2v) is 8.02. The maximum absolute atomic E-state index is 12.1. The van der Waals surface area contributed by atoms with E-state index in [1.807, 2.05) is 42.5 Å². The maximum Gasteiger partial charge on any atom is 0.336 e. The van der Waals surface area contributed by atoms with Gasteiger partial charge < -0.3 is 5.11 Å². The zero-order valence-corrected chi connectivity index (χ0v) is 16.4. The molecule has 3 aromatic rings. The second-order valence-electron chi connectivity index (χ2n) is 8.02. The maximum atomic E-state index is 12.1. The Bertz CT molecular complexity index is 939. The van der Waals surface area contributed by atoms with Gasteiger partial charge >= 0.3 is 5.97 Å². The predicted molar refractivity (Wildman–Crippen MR) is 111 cm³/mol. The Balaban J connectivity index is 2.31. The predicted octanol–water partition coefficient (Wildman–Crippen LogP) is 6.04. The van der Waals surface area contributed by atoms with Crippen molar-refractivity contribution >= 4 is 5.97 Å². The molecule has 0 fully saturated rings. The van der Waals surface area contributed by atoms with Gasteiger partial charge in [0.2, 0.25) is 0 Å². The molecule has 0 aliphatic heterocycles. The number of carbonyl (C=O) groups is 1. The van der Waals surface area contributed by atoms with Gasteiger partial charge in [-0.3, -0.25) is 0 Å². The quantitative estimate of drug-likeness (QED) is 0.604. The summed E-state index contributed by atoms with van der Waals surface area (Å²) >= 11 is 0. The third kappa shape index (κ3) is 3.40. The van der Waals surface area contributed by atoms with E-state index in [1.54, 1.807) is 6.07 Å². The molecule has 0 unspecified atom stereocenters. The molecule has 0 saturated carbocycles. The molecule has 3 aromatic carbocycles. The lowest BCUT2D eigenvalue weighted by atomic mass is 9.67. The molecule has 0 aliphatic rings. The van der Waals surface area contributed by atoms with Gasteiger partial charge in [0.05, 0.1) is 5.56 Å². The Morgan fingerprint density at radius 2 is 1.15 bits per heavy atom. The average Bonchev–Trinajstić information content (AvgIpc) is 2.68. The highest BCUT2D eigenvalue weighted by Gasteiger charge is 2.36. The van der Waals surface area contributed by atoms with Crippen LogP contribution in [0.15, 0.2) is 78.9 Å². The van der Waals surface area contributed by atoms with Gasteiger partial charge in [-0.1, -0.05) is 100 Å². The van der Waals surface area contributed by atoms with Crippen LogP contribution in [0.4, 0.5) is 0 Å². The lowest BCUT2D eigenvalue weighted by Crippen LogP contribution is -2.30. The Kier molecular flexibility index (Phi) is 4.93. The minimum atomic E-state index is -0.889. The molecule has 0 aliphatic carbocycles. The van der Waals surface area contributed by atoms with Crippen LogP contribution in [0.5, 0.6) is 0 Å². The van der Waals surface area contributed by atoms with Crippen LogP contribution in [0.2, 0.25) is 0 Å². The van der Waals surface area contributed by atoms with E-state index in [0.29, 0.717) is 5.56 Å². The summed E-state index contributed by atoms with van der Waals surface area (Å²) in [5.41, 5.74) is 3.78. The first kappa shape index (κ1) is 18.9. The third-order valence-electron chi connectivity index (χ3n) is 5.58. The Morgan fingerprint density at radius 3 is 1.63 bits per heavy atom. The standard InChI is InChI=1S/C25H26O2/c1-24(2,18-12-7-5-8-13-18)21-17-11-16-20(23(26)27)22(21)25(3,4)19-14-9-6-10-15-19/h5-17H,1-4H3,(H,26,27). The van der Waals surface area contributed by atoms with E-state index in [1.165, 1.54) is 0 Å². The van der Waals surface area contributed by atoms with Crippen molar-refractivity contribution in [1.29, 1.82) is 0 Å². The van der Waals surface area contributed by atoms with E-state index in [4.69, 9.17) is 0 Å². The van der Waals surface area contributed by atoms with Gasteiger partial charge in [-0.25, -0.2) is 4.79 Å². The molecule has 27 heavy (non-hydrogen) atoms. The molecule has 0 heterocycles.